The summed E-state index contributed by atoms with van der Waals surface area (Å²) in [7, 11) is 0. The Morgan fingerprint density at radius 1 is 1.42 bits per heavy atom. The van der Waals surface area contributed by atoms with Crippen LogP contribution in [0.2, 0.25) is 5.02 Å². The van der Waals surface area contributed by atoms with E-state index in [1.165, 1.54) is 12.8 Å². The molecule has 0 amide bonds. The molecule has 1 aromatic rings. The minimum Gasteiger partial charge on any atom is -0.409 e. The Kier molecular flexibility index (Phi) is 4.53. The van der Waals surface area contributed by atoms with Crippen LogP contribution in [0.25, 0.3) is 0 Å². The Balaban J connectivity index is 2.45. The van der Waals surface area contributed by atoms with Gasteiger partial charge in [-0.3, -0.25) is 0 Å². The van der Waals surface area contributed by atoms with Gasteiger partial charge in [0.15, 0.2) is 5.84 Å². The third-order valence-electron chi connectivity index (χ3n) is 3.72. The summed E-state index contributed by atoms with van der Waals surface area (Å²) < 4.78 is 0. The molecule has 2 rings (SSSR count). The first-order valence-electron chi connectivity index (χ1n) is 6.68. The second-order valence-electron chi connectivity index (χ2n) is 5.01. The molecule has 104 valence electrons. The number of rotatable bonds is 2. The average Bonchev–Trinajstić information content (AvgIpc) is 2.62. The minimum absolute atomic E-state index is 0.0667. The van der Waals surface area contributed by atoms with Crippen LogP contribution in [0.3, 0.4) is 0 Å². The van der Waals surface area contributed by atoms with Gasteiger partial charge in [0.2, 0.25) is 0 Å². The summed E-state index contributed by atoms with van der Waals surface area (Å²) >= 11 is 6.21. The lowest BCUT2D eigenvalue weighted by molar-refractivity contribution is 0.318. The molecule has 3 N–H and O–H groups in total. The summed E-state index contributed by atoms with van der Waals surface area (Å²) in [6.45, 7) is 3.19. The maximum Gasteiger partial charge on any atom is 0.173 e. The number of nitrogens with zero attached hydrogens (tertiary/aromatic N) is 2. The first kappa shape index (κ1) is 14.0. The van der Waals surface area contributed by atoms with Crippen LogP contribution < -0.4 is 10.6 Å². The predicted octanol–water partition coefficient (Wildman–Crippen LogP) is 3.20. The van der Waals surface area contributed by atoms with Gasteiger partial charge in [-0.1, -0.05) is 35.7 Å². The van der Waals surface area contributed by atoms with Crippen molar-refractivity contribution in [2.45, 2.75) is 38.6 Å². The van der Waals surface area contributed by atoms with Gasteiger partial charge in [0.1, 0.15) is 0 Å². The number of hydrogen-bond donors (Lipinski definition) is 2. The molecule has 0 saturated carbocycles. The standard InChI is InChI=1S/C14H20ClN3O/c1-10-6-3-2-4-9-18(10)12-8-5-7-11(15)13(12)14(16)17-19/h5,7-8,10,19H,2-4,6,9H2,1H3,(H2,16,17). The SMILES string of the molecule is CC1CCCCCN1c1cccc(Cl)c1C(N)=NO. The predicted molar refractivity (Wildman–Crippen MR) is 79.2 cm³/mol. The van der Waals surface area contributed by atoms with Gasteiger partial charge in [0.25, 0.3) is 0 Å². The molecule has 1 atom stereocenters. The van der Waals surface area contributed by atoms with Gasteiger partial charge < -0.3 is 15.8 Å². The zero-order chi connectivity index (χ0) is 13.8. The monoisotopic (exact) mass is 281 g/mol. The fourth-order valence-electron chi connectivity index (χ4n) is 2.69. The van der Waals surface area contributed by atoms with Crippen LogP contribution in [-0.2, 0) is 0 Å². The van der Waals surface area contributed by atoms with Crippen molar-refractivity contribution in [2.75, 3.05) is 11.4 Å². The third-order valence-corrected chi connectivity index (χ3v) is 4.03. The number of nitrogens with two attached hydrogens (primary N) is 1. The van der Waals surface area contributed by atoms with Crippen LogP contribution in [-0.4, -0.2) is 23.6 Å². The van der Waals surface area contributed by atoms with Crippen LogP contribution in [0.5, 0.6) is 0 Å². The maximum absolute atomic E-state index is 8.94. The van der Waals surface area contributed by atoms with E-state index in [0.717, 1.165) is 25.1 Å². The van der Waals surface area contributed by atoms with Gasteiger partial charge >= 0.3 is 0 Å². The molecule has 1 fully saturated rings. The van der Waals surface area contributed by atoms with Gasteiger partial charge in [0.05, 0.1) is 10.6 Å². The Morgan fingerprint density at radius 2 is 2.21 bits per heavy atom. The van der Waals surface area contributed by atoms with Crippen molar-refractivity contribution < 1.29 is 5.21 Å². The number of halogens is 1. The van der Waals surface area contributed by atoms with Crippen molar-refractivity contribution >= 4 is 23.1 Å². The van der Waals surface area contributed by atoms with Gasteiger partial charge in [-0.25, -0.2) is 0 Å². The zero-order valence-electron chi connectivity index (χ0n) is 11.1. The molecule has 4 nitrogen and oxygen atoms in total. The fraction of sp³-hybridized carbons (Fsp3) is 0.500. The summed E-state index contributed by atoms with van der Waals surface area (Å²) in [5.74, 6) is 0.0667. The number of oxime groups is 1. The quantitative estimate of drug-likeness (QED) is 0.379. The summed E-state index contributed by atoms with van der Waals surface area (Å²) in [5.41, 5.74) is 7.36. The molecule has 0 bridgehead atoms. The molecule has 1 heterocycles. The number of anilines is 1. The van der Waals surface area contributed by atoms with Gasteiger partial charge in [-0.05, 0) is 31.9 Å². The van der Waals surface area contributed by atoms with E-state index in [4.69, 9.17) is 22.5 Å². The molecule has 1 unspecified atom stereocenters. The topological polar surface area (TPSA) is 61.8 Å². The van der Waals surface area contributed by atoms with Crippen molar-refractivity contribution in [1.29, 1.82) is 0 Å². The Hall–Kier alpha value is -1.42. The summed E-state index contributed by atoms with van der Waals surface area (Å²) in [6, 6.07) is 6.09. The highest BCUT2D eigenvalue weighted by molar-refractivity contribution is 6.34. The molecule has 5 heteroatoms. The Bertz CT molecular complexity index is 476. The van der Waals surface area contributed by atoms with Crippen molar-refractivity contribution in [2.24, 2.45) is 10.9 Å². The van der Waals surface area contributed by atoms with Crippen molar-refractivity contribution in [3.05, 3.63) is 28.8 Å². The molecule has 1 aliphatic rings. The highest BCUT2D eigenvalue weighted by Crippen LogP contribution is 2.31. The fourth-order valence-corrected chi connectivity index (χ4v) is 2.95. The van der Waals surface area contributed by atoms with E-state index in [-0.39, 0.29) is 5.84 Å². The van der Waals surface area contributed by atoms with E-state index in [1.807, 2.05) is 12.1 Å². The second kappa shape index (κ2) is 6.15. The smallest absolute Gasteiger partial charge is 0.173 e. The normalized spacial score (nSPS) is 21.3. The van der Waals surface area contributed by atoms with Crippen LogP contribution in [0, 0.1) is 0 Å². The molecule has 0 spiro atoms. The van der Waals surface area contributed by atoms with E-state index in [9.17, 15) is 0 Å². The number of amidine groups is 1. The van der Waals surface area contributed by atoms with E-state index in [0.29, 0.717) is 16.6 Å². The van der Waals surface area contributed by atoms with E-state index < -0.39 is 0 Å². The number of benzene rings is 1. The first-order valence-corrected chi connectivity index (χ1v) is 7.06. The molecule has 0 radical (unpaired) electrons. The van der Waals surface area contributed by atoms with Crippen molar-refractivity contribution in [3.8, 4) is 0 Å². The summed E-state index contributed by atoms with van der Waals surface area (Å²) in [5, 5.41) is 12.6. The van der Waals surface area contributed by atoms with Crippen LogP contribution in [0.1, 0.15) is 38.2 Å². The molecule has 19 heavy (non-hydrogen) atoms. The highest BCUT2D eigenvalue weighted by atomic mass is 35.5. The molecular formula is C14H20ClN3O. The minimum atomic E-state index is 0.0667. The van der Waals surface area contributed by atoms with Crippen LogP contribution in [0.15, 0.2) is 23.4 Å². The lowest BCUT2D eigenvalue weighted by atomic mass is 10.1. The molecular weight excluding hydrogens is 262 g/mol. The van der Waals surface area contributed by atoms with Gasteiger partial charge in [-0.15, -0.1) is 0 Å². The highest BCUT2D eigenvalue weighted by Gasteiger charge is 2.22. The molecule has 0 aromatic heterocycles. The molecule has 1 saturated heterocycles. The summed E-state index contributed by atoms with van der Waals surface area (Å²) in [4.78, 5) is 2.31. The molecule has 1 aliphatic heterocycles. The maximum atomic E-state index is 8.94. The average molecular weight is 282 g/mol. The second-order valence-corrected chi connectivity index (χ2v) is 5.42. The van der Waals surface area contributed by atoms with Crippen LogP contribution >= 0.6 is 11.6 Å². The first-order chi connectivity index (χ1) is 9.15. The Morgan fingerprint density at radius 3 is 2.95 bits per heavy atom. The molecule has 1 aromatic carbocycles. The van der Waals surface area contributed by atoms with Crippen LogP contribution in [0.4, 0.5) is 5.69 Å². The van der Waals surface area contributed by atoms with E-state index in [2.05, 4.69) is 17.0 Å². The summed E-state index contributed by atoms with van der Waals surface area (Å²) in [6.07, 6.45) is 4.81. The van der Waals surface area contributed by atoms with Gasteiger partial charge in [-0.2, -0.15) is 0 Å². The lowest BCUT2D eigenvalue weighted by Gasteiger charge is -2.31. The largest absolute Gasteiger partial charge is 0.409 e. The molecule has 0 aliphatic carbocycles. The number of hydrogen-bond acceptors (Lipinski definition) is 3. The Labute approximate surface area is 118 Å². The third kappa shape index (κ3) is 2.95. The van der Waals surface area contributed by atoms with Crippen molar-refractivity contribution in [1.82, 2.24) is 0 Å². The lowest BCUT2D eigenvalue weighted by Crippen LogP contribution is -2.34. The zero-order valence-corrected chi connectivity index (χ0v) is 11.9. The van der Waals surface area contributed by atoms with E-state index >= 15 is 0 Å². The van der Waals surface area contributed by atoms with Gasteiger partial charge in [0, 0.05) is 18.3 Å². The van der Waals surface area contributed by atoms with Crippen molar-refractivity contribution in [3.63, 3.8) is 0 Å². The van der Waals surface area contributed by atoms with E-state index in [1.54, 1.807) is 6.07 Å².